The molecular weight excluding hydrogens is 463 g/mol. The van der Waals surface area contributed by atoms with Crippen LogP contribution in [0.15, 0.2) is 64.6 Å². The summed E-state index contributed by atoms with van der Waals surface area (Å²) >= 11 is 1.94. The molecule has 0 N–H and O–H groups in total. The molecule has 0 saturated heterocycles. The molecule has 0 fully saturated rings. The van der Waals surface area contributed by atoms with Crippen LogP contribution in [0.2, 0.25) is 0 Å². The van der Waals surface area contributed by atoms with Crippen molar-refractivity contribution in [3.8, 4) is 0 Å². The van der Waals surface area contributed by atoms with Gasteiger partial charge in [-0.05, 0) is 69.5 Å². The summed E-state index contributed by atoms with van der Waals surface area (Å²) in [5, 5.41) is 0. The van der Waals surface area contributed by atoms with E-state index >= 15 is 0 Å². The Hall–Kier alpha value is -1.42. The van der Waals surface area contributed by atoms with Gasteiger partial charge in [0.25, 0.3) is 0 Å². The molecule has 0 saturated carbocycles. The molecule has 0 aliphatic heterocycles. The second-order valence-electron chi connectivity index (χ2n) is 6.64. The standard InChI is InChI=1S/C23H24N2S.2ClH.Fe/c1-15-9-6-7-12-20(15)24-18(4)21-13-14-22(26-21)19(5)25-23-16(2)10-8-11-17(23)3;;;/h6-14H,1-5H3;2*1H;/q;;;+2/p-2. The first-order valence-electron chi connectivity index (χ1n) is 9.05. The van der Waals surface area contributed by atoms with Gasteiger partial charge in [0.1, 0.15) is 0 Å². The van der Waals surface area contributed by atoms with E-state index in [1.54, 1.807) is 11.3 Å². The molecule has 2 aromatic carbocycles. The van der Waals surface area contributed by atoms with E-state index in [1.165, 1.54) is 26.4 Å². The van der Waals surface area contributed by atoms with Crippen molar-refractivity contribution in [2.75, 3.05) is 0 Å². The Morgan fingerprint density at radius 2 is 1.21 bits per heavy atom. The van der Waals surface area contributed by atoms with Crippen LogP contribution in [0, 0.1) is 20.8 Å². The molecular formula is C23H24Cl2FeN2S. The number of aliphatic imine (C=N–C) groups is 2. The normalized spacial score (nSPS) is 12.0. The maximum absolute atomic E-state index is 4.89. The van der Waals surface area contributed by atoms with Crippen LogP contribution >= 0.6 is 31.5 Å². The van der Waals surface area contributed by atoms with Crippen LogP contribution in [0.1, 0.15) is 40.3 Å². The summed E-state index contributed by atoms with van der Waals surface area (Å²) in [7, 11) is 9.53. The summed E-state index contributed by atoms with van der Waals surface area (Å²) in [6.07, 6.45) is 0. The topological polar surface area (TPSA) is 24.7 Å². The number of hydrogen-bond acceptors (Lipinski definition) is 3. The van der Waals surface area contributed by atoms with Crippen LogP contribution in [0.5, 0.6) is 0 Å². The van der Waals surface area contributed by atoms with E-state index in [0.29, 0.717) is 0 Å². The predicted molar refractivity (Wildman–Crippen MR) is 127 cm³/mol. The van der Waals surface area contributed by atoms with E-state index in [9.17, 15) is 0 Å². The van der Waals surface area contributed by atoms with Gasteiger partial charge in [-0.25, -0.2) is 0 Å². The second kappa shape index (κ2) is 11.7. The molecule has 3 aromatic rings. The van der Waals surface area contributed by atoms with E-state index in [4.69, 9.17) is 30.2 Å². The van der Waals surface area contributed by atoms with Gasteiger partial charge >= 0.3 is 33.3 Å². The molecule has 0 aliphatic rings. The first kappa shape index (κ1) is 23.9. The molecule has 0 unspecified atom stereocenters. The molecule has 0 bridgehead atoms. The van der Waals surface area contributed by atoms with Gasteiger partial charge in [0, 0.05) is 9.75 Å². The molecule has 29 heavy (non-hydrogen) atoms. The molecule has 3 rings (SSSR count). The first-order chi connectivity index (χ1) is 13.9. The second-order valence-corrected chi connectivity index (χ2v) is 9.54. The van der Waals surface area contributed by atoms with Gasteiger partial charge < -0.3 is 0 Å². The molecule has 1 aromatic heterocycles. The van der Waals surface area contributed by atoms with Gasteiger partial charge in [0.15, 0.2) is 0 Å². The van der Waals surface area contributed by atoms with Crippen molar-refractivity contribution >= 4 is 54.3 Å². The molecule has 2 nitrogen and oxygen atoms in total. The fourth-order valence-electron chi connectivity index (χ4n) is 2.86. The average Bonchev–Trinajstić information content (AvgIpc) is 3.18. The summed E-state index contributed by atoms with van der Waals surface area (Å²) < 4.78 is 0. The summed E-state index contributed by atoms with van der Waals surface area (Å²) in [6.45, 7) is 10.5. The maximum atomic E-state index is 4.89. The number of benzene rings is 2. The molecule has 0 atom stereocenters. The third-order valence-electron chi connectivity index (χ3n) is 4.44. The van der Waals surface area contributed by atoms with E-state index < -0.39 is 0 Å². The van der Waals surface area contributed by atoms with Gasteiger partial charge in [0.2, 0.25) is 0 Å². The van der Waals surface area contributed by atoms with Gasteiger partial charge in [-0.1, -0.05) is 36.4 Å². The molecule has 154 valence electrons. The molecule has 0 amide bonds. The zero-order chi connectivity index (χ0) is 21.4. The molecule has 0 spiro atoms. The monoisotopic (exact) mass is 486 g/mol. The SMILES string of the molecule is CC(=Nc1ccccc1C)c1ccc(C(C)=Nc2c(C)cccc2C)s1.[Cl][Fe][Cl]. The zero-order valence-electron chi connectivity index (χ0n) is 17.1. The van der Waals surface area contributed by atoms with Crippen molar-refractivity contribution < 1.29 is 13.1 Å². The Labute approximate surface area is 192 Å². The van der Waals surface area contributed by atoms with Crippen molar-refractivity contribution in [1.82, 2.24) is 0 Å². The summed E-state index contributed by atoms with van der Waals surface area (Å²) in [4.78, 5) is 12.0. The third-order valence-corrected chi connectivity index (χ3v) is 5.74. The fraction of sp³-hybridized carbons (Fsp3) is 0.217. The summed E-state index contributed by atoms with van der Waals surface area (Å²) in [6, 6.07) is 18.8. The van der Waals surface area contributed by atoms with Gasteiger partial charge in [-0.3, -0.25) is 9.98 Å². The van der Waals surface area contributed by atoms with E-state index in [1.807, 2.05) is 12.1 Å². The number of hydrogen-bond donors (Lipinski definition) is 0. The van der Waals surface area contributed by atoms with E-state index in [2.05, 4.69) is 77.1 Å². The summed E-state index contributed by atoms with van der Waals surface area (Å²) in [5.41, 5.74) is 7.79. The van der Waals surface area contributed by atoms with Crippen molar-refractivity contribution in [3.63, 3.8) is 0 Å². The number of thiophene rings is 1. The Morgan fingerprint density at radius 3 is 1.76 bits per heavy atom. The van der Waals surface area contributed by atoms with Crippen molar-refractivity contribution in [1.29, 1.82) is 0 Å². The van der Waals surface area contributed by atoms with Crippen molar-refractivity contribution in [2.45, 2.75) is 34.6 Å². The number of nitrogens with zero attached hydrogens (tertiary/aromatic N) is 2. The van der Waals surface area contributed by atoms with Gasteiger partial charge in [0.05, 0.1) is 22.8 Å². The number of halogens is 2. The van der Waals surface area contributed by atoms with E-state index in [-0.39, 0.29) is 13.1 Å². The predicted octanol–water partition coefficient (Wildman–Crippen LogP) is 8.33. The Morgan fingerprint density at radius 1 is 0.724 bits per heavy atom. The fourth-order valence-corrected chi connectivity index (χ4v) is 3.75. The quantitative estimate of drug-likeness (QED) is 0.261. The van der Waals surface area contributed by atoms with Crippen LogP contribution in [0.3, 0.4) is 0 Å². The van der Waals surface area contributed by atoms with Crippen LogP contribution in [0.4, 0.5) is 11.4 Å². The number of aryl methyl sites for hydroxylation is 3. The van der Waals surface area contributed by atoms with Crippen LogP contribution < -0.4 is 0 Å². The van der Waals surface area contributed by atoms with E-state index in [0.717, 1.165) is 22.8 Å². The van der Waals surface area contributed by atoms with Crippen LogP contribution in [0.25, 0.3) is 0 Å². The summed E-state index contributed by atoms with van der Waals surface area (Å²) in [5.74, 6) is 0. The average molecular weight is 487 g/mol. The Balaban J connectivity index is 0.000000941. The molecule has 1 heterocycles. The Bertz CT molecular complexity index is 1000. The van der Waals surface area contributed by atoms with Gasteiger partial charge in [-0.2, -0.15) is 0 Å². The van der Waals surface area contributed by atoms with Crippen molar-refractivity contribution in [3.05, 3.63) is 81.0 Å². The number of rotatable bonds is 4. The minimum atomic E-state index is 0.194. The zero-order valence-corrected chi connectivity index (χ0v) is 20.5. The molecule has 6 heteroatoms. The van der Waals surface area contributed by atoms with Crippen molar-refractivity contribution in [2.24, 2.45) is 9.98 Å². The van der Waals surface area contributed by atoms with Crippen LogP contribution in [-0.4, -0.2) is 11.4 Å². The number of para-hydroxylation sites is 2. The first-order valence-corrected chi connectivity index (χ1v) is 12.9. The molecule has 0 radical (unpaired) electrons. The minimum absolute atomic E-state index is 0.194. The Kier molecular flexibility index (Phi) is 9.61. The van der Waals surface area contributed by atoms with Gasteiger partial charge in [-0.15, -0.1) is 11.3 Å². The van der Waals surface area contributed by atoms with Crippen LogP contribution in [-0.2, 0) is 13.1 Å². The molecule has 0 aliphatic carbocycles. The third kappa shape index (κ3) is 6.80.